The van der Waals surface area contributed by atoms with Gasteiger partial charge in [-0.25, -0.2) is 4.79 Å². The minimum Gasteiger partial charge on any atom is -0.497 e. The molecule has 1 aromatic carbocycles. The van der Waals surface area contributed by atoms with E-state index >= 15 is 0 Å². The first-order valence-electron chi connectivity index (χ1n) is 9.00. The Morgan fingerprint density at radius 1 is 1.30 bits per heavy atom. The third-order valence-electron chi connectivity index (χ3n) is 4.63. The standard InChI is InChI=1S/C19H27N3O5/c1-12(2)16(11-23)20-17(24)10-15-18(25)22(19(26)21-15)9-8-13-4-6-14(27-3)7-5-13/h4-7,12,15-16,23H,8-11H2,1-3H3,(H,20,24)(H,21,26)/t15-,16-/m1/s1. The first-order valence-corrected chi connectivity index (χ1v) is 9.00. The normalized spacial score (nSPS) is 17.8. The Bertz CT molecular complexity index is 674. The van der Waals surface area contributed by atoms with E-state index in [9.17, 15) is 19.5 Å². The summed E-state index contributed by atoms with van der Waals surface area (Å²) in [5, 5.41) is 14.5. The number of benzene rings is 1. The zero-order valence-electron chi connectivity index (χ0n) is 15.9. The molecule has 4 amide bonds. The van der Waals surface area contributed by atoms with Crippen LogP contribution in [0.2, 0.25) is 0 Å². The zero-order valence-corrected chi connectivity index (χ0v) is 15.9. The molecule has 1 aliphatic heterocycles. The minimum absolute atomic E-state index is 0.0637. The Balaban J connectivity index is 1.88. The number of aliphatic hydroxyl groups excluding tert-OH is 1. The number of rotatable bonds is 9. The van der Waals surface area contributed by atoms with E-state index in [4.69, 9.17) is 4.74 Å². The molecular formula is C19H27N3O5. The fraction of sp³-hybridized carbons (Fsp3) is 0.526. The van der Waals surface area contributed by atoms with Gasteiger partial charge in [-0.1, -0.05) is 26.0 Å². The van der Waals surface area contributed by atoms with Crippen molar-refractivity contribution in [2.45, 2.75) is 38.8 Å². The molecule has 3 N–H and O–H groups in total. The van der Waals surface area contributed by atoms with Crippen LogP contribution < -0.4 is 15.4 Å². The lowest BCUT2D eigenvalue weighted by Gasteiger charge is -2.20. The highest BCUT2D eigenvalue weighted by Crippen LogP contribution is 2.14. The van der Waals surface area contributed by atoms with Crippen LogP contribution in [0.3, 0.4) is 0 Å². The van der Waals surface area contributed by atoms with Crippen molar-refractivity contribution >= 4 is 17.8 Å². The fourth-order valence-electron chi connectivity index (χ4n) is 2.83. The van der Waals surface area contributed by atoms with Crippen LogP contribution in [0.15, 0.2) is 24.3 Å². The predicted molar refractivity (Wildman–Crippen MR) is 99.2 cm³/mol. The van der Waals surface area contributed by atoms with Gasteiger partial charge in [0.2, 0.25) is 5.91 Å². The number of ether oxygens (including phenoxy) is 1. The van der Waals surface area contributed by atoms with Gasteiger partial charge in [0, 0.05) is 6.54 Å². The SMILES string of the molecule is COc1ccc(CCN2C(=O)N[C@H](CC(=O)N[C@H](CO)C(C)C)C2=O)cc1. The Labute approximate surface area is 158 Å². The van der Waals surface area contributed by atoms with Crippen LogP contribution in [0.25, 0.3) is 0 Å². The molecule has 1 aliphatic rings. The second-order valence-electron chi connectivity index (χ2n) is 6.89. The number of imide groups is 1. The number of hydrogen-bond donors (Lipinski definition) is 3. The van der Waals surface area contributed by atoms with Gasteiger partial charge < -0.3 is 20.5 Å². The summed E-state index contributed by atoms with van der Waals surface area (Å²) in [5.41, 5.74) is 0.973. The smallest absolute Gasteiger partial charge is 0.324 e. The lowest BCUT2D eigenvalue weighted by Crippen LogP contribution is -2.44. The van der Waals surface area contributed by atoms with Crippen molar-refractivity contribution in [3.8, 4) is 5.75 Å². The molecule has 0 radical (unpaired) electrons. The highest BCUT2D eigenvalue weighted by atomic mass is 16.5. The number of nitrogens with one attached hydrogen (secondary N) is 2. The van der Waals surface area contributed by atoms with Gasteiger partial charge in [-0.2, -0.15) is 0 Å². The van der Waals surface area contributed by atoms with E-state index < -0.39 is 18.0 Å². The molecule has 0 unspecified atom stereocenters. The van der Waals surface area contributed by atoms with Crippen molar-refractivity contribution in [3.63, 3.8) is 0 Å². The van der Waals surface area contributed by atoms with Crippen LogP contribution in [0, 0.1) is 5.92 Å². The highest BCUT2D eigenvalue weighted by Gasteiger charge is 2.38. The highest BCUT2D eigenvalue weighted by molar-refractivity contribution is 6.05. The van der Waals surface area contributed by atoms with Crippen molar-refractivity contribution in [1.29, 1.82) is 0 Å². The first-order chi connectivity index (χ1) is 12.8. The number of urea groups is 1. The molecule has 0 aliphatic carbocycles. The maximum atomic E-state index is 12.5. The Morgan fingerprint density at radius 2 is 1.96 bits per heavy atom. The number of methoxy groups -OCH3 is 1. The number of aliphatic hydroxyl groups is 1. The second-order valence-corrected chi connectivity index (χ2v) is 6.89. The van der Waals surface area contributed by atoms with Gasteiger partial charge in [0.15, 0.2) is 0 Å². The third-order valence-corrected chi connectivity index (χ3v) is 4.63. The molecular weight excluding hydrogens is 350 g/mol. The summed E-state index contributed by atoms with van der Waals surface area (Å²) in [6.07, 6.45) is 0.370. The van der Waals surface area contributed by atoms with E-state index in [2.05, 4.69) is 10.6 Å². The number of nitrogens with zero attached hydrogens (tertiary/aromatic N) is 1. The number of amides is 4. The van der Waals surface area contributed by atoms with E-state index in [0.717, 1.165) is 16.2 Å². The third kappa shape index (κ3) is 5.43. The summed E-state index contributed by atoms with van der Waals surface area (Å²) < 4.78 is 5.10. The maximum absolute atomic E-state index is 12.5. The molecule has 0 spiro atoms. The summed E-state index contributed by atoms with van der Waals surface area (Å²) in [4.78, 5) is 37.8. The van der Waals surface area contributed by atoms with Crippen LogP contribution in [0.4, 0.5) is 4.79 Å². The summed E-state index contributed by atoms with van der Waals surface area (Å²) in [7, 11) is 1.59. The molecule has 8 nitrogen and oxygen atoms in total. The minimum atomic E-state index is -0.875. The van der Waals surface area contributed by atoms with E-state index in [-0.39, 0.29) is 37.4 Å². The van der Waals surface area contributed by atoms with Gasteiger partial charge in [-0.15, -0.1) is 0 Å². The molecule has 1 fully saturated rings. The van der Waals surface area contributed by atoms with Crippen molar-refractivity contribution in [3.05, 3.63) is 29.8 Å². The molecule has 2 rings (SSSR count). The lowest BCUT2D eigenvalue weighted by molar-refractivity contribution is -0.131. The van der Waals surface area contributed by atoms with Crippen LogP contribution in [0.1, 0.15) is 25.8 Å². The van der Waals surface area contributed by atoms with Gasteiger partial charge in [0.05, 0.1) is 26.2 Å². The van der Waals surface area contributed by atoms with Crippen molar-refractivity contribution in [2.75, 3.05) is 20.3 Å². The predicted octanol–water partition coefficient (Wildman–Crippen LogP) is 0.681. The molecule has 2 atom stereocenters. The molecule has 148 valence electrons. The summed E-state index contributed by atoms with van der Waals surface area (Å²) in [6.45, 7) is 3.82. The molecule has 1 heterocycles. The van der Waals surface area contributed by atoms with Gasteiger partial charge in [-0.05, 0) is 30.0 Å². The van der Waals surface area contributed by atoms with E-state index in [1.807, 2.05) is 38.1 Å². The lowest BCUT2D eigenvalue weighted by atomic mass is 10.0. The Morgan fingerprint density at radius 3 is 2.52 bits per heavy atom. The van der Waals surface area contributed by atoms with Crippen LogP contribution in [-0.4, -0.2) is 60.2 Å². The van der Waals surface area contributed by atoms with Crippen molar-refractivity contribution < 1.29 is 24.2 Å². The fourth-order valence-corrected chi connectivity index (χ4v) is 2.83. The van der Waals surface area contributed by atoms with Crippen LogP contribution in [-0.2, 0) is 16.0 Å². The van der Waals surface area contributed by atoms with Gasteiger partial charge in [0.25, 0.3) is 5.91 Å². The number of carbonyl (C=O) groups excluding carboxylic acids is 3. The first kappa shape index (κ1) is 20.7. The van der Waals surface area contributed by atoms with Crippen molar-refractivity contribution in [2.24, 2.45) is 5.92 Å². The van der Waals surface area contributed by atoms with E-state index in [1.54, 1.807) is 7.11 Å². The van der Waals surface area contributed by atoms with Crippen LogP contribution in [0.5, 0.6) is 5.75 Å². The Hall–Kier alpha value is -2.61. The largest absolute Gasteiger partial charge is 0.497 e. The maximum Gasteiger partial charge on any atom is 0.324 e. The summed E-state index contributed by atoms with van der Waals surface area (Å²) in [6, 6.07) is 5.65. The number of hydrogen-bond acceptors (Lipinski definition) is 5. The van der Waals surface area contributed by atoms with Gasteiger partial charge in [-0.3, -0.25) is 14.5 Å². The quantitative estimate of drug-likeness (QED) is 0.549. The zero-order chi connectivity index (χ0) is 20.0. The molecule has 8 heteroatoms. The summed E-state index contributed by atoms with van der Waals surface area (Å²) >= 11 is 0. The second kappa shape index (κ2) is 9.36. The van der Waals surface area contributed by atoms with Gasteiger partial charge in [0.1, 0.15) is 11.8 Å². The van der Waals surface area contributed by atoms with E-state index in [1.165, 1.54) is 0 Å². The average molecular weight is 377 g/mol. The molecule has 1 aromatic rings. The molecule has 0 saturated carbocycles. The van der Waals surface area contributed by atoms with Crippen LogP contribution >= 0.6 is 0 Å². The molecule has 0 aromatic heterocycles. The summed E-state index contributed by atoms with van der Waals surface area (Å²) in [5.74, 6) is 0.0170. The molecule has 1 saturated heterocycles. The number of carbonyl (C=O) groups is 3. The molecule has 0 bridgehead atoms. The Kier molecular flexibility index (Phi) is 7.18. The monoisotopic (exact) mass is 377 g/mol. The average Bonchev–Trinajstić information content (AvgIpc) is 2.91. The van der Waals surface area contributed by atoms with Crippen molar-refractivity contribution in [1.82, 2.24) is 15.5 Å². The molecule has 27 heavy (non-hydrogen) atoms. The van der Waals surface area contributed by atoms with Gasteiger partial charge >= 0.3 is 6.03 Å². The van der Waals surface area contributed by atoms with E-state index in [0.29, 0.717) is 6.42 Å². The topological polar surface area (TPSA) is 108 Å².